The third-order valence-electron chi connectivity index (χ3n) is 15.4. The van der Waals surface area contributed by atoms with Crippen LogP contribution in [0.4, 0.5) is 0 Å². The van der Waals surface area contributed by atoms with Gasteiger partial charge in [-0.05, 0) is 91.4 Å². The van der Waals surface area contributed by atoms with Crippen LogP contribution in [-0.4, -0.2) is 105 Å². The molecule has 0 aromatic heterocycles. The van der Waals surface area contributed by atoms with Gasteiger partial charge in [0.1, 0.15) is 18.0 Å². The SMILES string of the molecule is CC[Si](CC)(CC)O[C@@H]([C@@H](O)/C=C/CCCO[Si](C)(C)C(C)(C)C)[C@H]1C[C@H](O[Si](C)(C)C(C)(C)C)[C@@H](C)[C@@H](C/C=C/[C@@H]2O[C@@H]3C[C@@H](O[C@@H]3COCc3ccc(OC)cc3)[C@H]2C)O1. The van der Waals surface area contributed by atoms with E-state index >= 15 is 0 Å². The van der Waals surface area contributed by atoms with E-state index in [1.807, 2.05) is 30.3 Å². The Morgan fingerprint density at radius 1 is 0.806 bits per heavy atom. The van der Waals surface area contributed by atoms with Crippen LogP contribution in [0.5, 0.6) is 5.75 Å². The lowest BCUT2D eigenvalue weighted by Crippen LogP contribution is -2.57. The first kappa shape index (κ1) is 53.4. The van der Waals surface area contributed by atoms with E-state index in [9.17, 15) is 5.11 Å². The van der Waals surface area contributed by atoms with Gasteiger partial charge in [-0.25, -0.2) is 0 Å². The van der Waals surface area contributed by atoms with E-state index in [1.54, 1.807) is 7.11 Å². The van der Waals surface area contributed by atoms with Crippen LogP contribution >= 0.6 is 0 Å². The zero-order valence-electron chi connectivity index (χ0n) is 42.0. The third-order valence-corrected chi connectivity index (χ3v) is 29.1. The summed E-state index contributed by atoms with van der Waals surface area (Å²) in [6, 6.07) is 11.0. The highest BCUT2D eigenvalue weighted by molar-refractivity contribution is 6.74. The lowest BCUT2D eigenvalue weighted by atomic mass is 9.85. The molecule has 3 aliphatic heterocycles. The molecule has 0 aliphatic carbocycles. The van der Waals surface area contributed by atoms with Crippen molar-refractivity contribution in [1.29, 1.82) is 0 Å². The van der Waals surface area contributed by atoms with Crippen molar-refractivity contribution in [2.24, 2.45) is 11.8 Å². The van der Waals surface area contributed by atoms with Crippen molar-refractivity contribution in [3.63, 3.8) is 0 Å². The first-order valence-corrected chi connectivity index (χ1v) is 32.5. The van der Waals surface area contributed by atoms with E-state index in [-0.39, 0.29) is 64.6 Å². The second-order valence-corrected chi connectivity index (χ2v) is 36.0. The van der Waals surface area contributed by atoms with Gasteiger partial charge >= 0.3 is 0 Å². The fourth-order valence-corrected chi connectivity index (χ4v) is 13.9. The van der Waals surface area contributed by atoms with Gasteiger partial charge in [-0.15, -0.1) is 0 Å². The molecule has 0 amide bonds. The van der Waals surface area contributed by atoms with E-state index in [2.05, 4.69) is 121 Å². The molecule has 3 fully saturated rings. The molecular formula is C50H90O9Si3. The molecule has 0 radical (unpaired) electrons. The molecule has 0 unspecified atom stereocenters. The Morgan fingerprint density at radius 3 is 2.05 bits per heavy atom. The molecule has 3 aliphatic rings. The summed E-state index contributed by atoms with van der Waals surface area (Å²) in [5, 5.41) is 12.4. The first-order chi connectivity index (χ1) is 29.0. The number of unbranched alkanes of at least 4 members (excludes halogenated alkanes) is 1. The minimum Gasteiger partial charge on any atom is -0.497 e. The zero-order valence-corrected chi connectivity index (χ0v) is 45.0. The third kappa shape index (κ3) is 14.2. The molecule has 4 rings (SSSR count). The average molecular weight is 920 g/mol. The molecule has 2 bridgehead atoms. The van der Waals surface area contributed by atoms with E-state index in [0.717, 1.165) is 61.7 Å². The molecule has 62 heavy (non-hydrogen) atoms. The Balaban J connectivity index is 1.49. The summed E-state index contributed by atoms with van der Waals surface area (Å²) in [5.41, 5.74) is 1.10. The van der Waals surface area contributed by atoms with E-state index in [4.69, 9.17) is 37.0 Å². The number of allylic oxidation sites excluding steroid dienone is 1. The molecule has 9 nitrogen and oxygen atoms in total. The quantitative estimate of drug-likeness (QED) is 0.0654. The van der Waals surface area contributed by atoms with Crippen LogP contribution in [0.1, 0.15) is 114 Å². The summed E-state index contributed by atoms with van der Waals surface area (Å²) in [6.07, 6.45) is 10.9. The lowest BCUT2D eigenvalue weighted by molar-refractivity contribution is -0.169. The summed E-state index contributed by atoms with van der Waals surface area (Å²) in [5.74, 6) is 1.21. The minimum absolute atomic E-state index is 0.00406. The van der Waals surface area contributed by atoms with Gasteiger partial charge < -0.3 is 42.1 Å². The van der Waals surface area contributed by atoms with Gasteiger partial charge in [0.2, 0.25) is 0 Å². The summed E-state index contributed by atoms with van der Waals surface area (Å²) in [6.45, 7) is 36.1. The first-order valence-electron chi connectivity index (χ1n) is 24.2. The van der Waals surface area contributed by atoms with Crippen molar-refractivity contribution < 1.29 is 42.1 Å². The number of rotatable bonds is 23. The Morgan fingerprint density at radius 2 is 1.45 bits per heavy atom. The number of hydrogen-bond donors (Lipinski definition) is 1. The summed E-state index contributed by atoms with van der Waals surface area (Å²) < 4.78 is 52.8. The smallest absolute Gasteiger partial charge is 0.192 e. The maximum Gasteiger partial charge on any atom is 0.192 e. The van der Waals surface area contributed by atoms with E-state index < -0.39 is 37.2 Å². The normalized spacial score (nSPS) is 28.8. The molecule has 1 N–H and O–H groups in total. The molecule has 1 aromatic carbocycles. The highest BCUT2D eigenvalue weighted by atomic mass is 28.4. The zero-order chi connectivity index (χ0) is 46.1. The second kappa shape index (κ2) is 23.0. The van der Waals surface area contributed by atoms with Crippen molar-refractivity contribution >= 4 is 25.0 Å². The molecule has 12 heteroatoms. The van der Waals surface area contributed by atoms with Crippen LogP contribution in [-0.2, 0) is 38.8 Å². The van der Waals surface area contributed by atoms with Crippen molar-refractivity contribution in [1.82, 2.24) is 0 Å². The van der Waals surface area contributed by atoms with Crippen LogP contribution in [0.15, 0.2) is 48.6 Å². The van der Waals surface area contributed by atoms with Gasteiger partial charge in [0.15, 0.2) is 25.0 Å². The second-order valence-electron chi connectivity index (χ2n) is 21.7. The number of benzene rings is 1. The molecule has 3 saturated heterocycles. The average Bonchev–Trinajstić information content (AvgIpc) is 3.56. The largest absolute Gasteiger partial charge is 0.497 e. The maximum absolute atomic E-state index is 12.1. The monoisotopic (exact) mass is 919 g/mol. The van der Waals surface area contributed by atoms with Crippen LogP contribution in [0.2, 0.25) is 54.4 Å². The van der Waals surface area contributed by atoms with Crippen LogP contribution in [0, 0.1) is 11.8 Å². The molecule has 356 valence electrons. The predicted molar refractivity (Wildman–Crippen MR) is 262 cm³/mol. The van der Waals surface area contributed by atoms with Gasteiger partial charge in [0.05, 0.1) is 63.1 Å². The van der Waals surface area contributed by atoms with Gasteiger partial charge in [-0.3, -0.25) is 0 Å². The Bertz CT molecular complexity index is 1520. The van der Waals surface area contributed by atoms with E-state index in [0.29, 0.717) is 19.6 Å². The van der Waals surface area contributed by atoms with Crippen LogP contribution in [0.25, 0.3) is 0 Å². The van der Waals surface area contributed by atoms with E-state index in [1.165, 1.54) is 0 Å². The van der Waals surface area contributed by atoms with Gasteiger partial charge in [-0.1, -0.05) is 113 Å². The Hall–Kier alpha value is -1.17. The van der Waals surface area contributed by atoms with Crippen molar-refractivity contribution in [2.45, 2.75) is 224 Å². The fraction of sp³-hybridized carbons (Fsp3) is 0.800. The number of aliphatic hydroxyl groups is 1. The van der Waals surface area contributed by atoms with Gasteiger partial charge in [0.25, 0.3) is 0 Å². The topological polar surface area (TPSA) is 94.1 Å². The Labute approximate surface area is 381 Å². The summed E-state index contributed by atoms with van der Waals surface area (Å²) >= 11 is 0. The molecule has 0 spiro atoms. The molecule has 1 aromatic rings. The minimum atomic E-state index is -2.14. The van der Waals surface area contributed by atoms with Crippen LogP contribution < -0.4 is 4.74 Å². The standard InChI is InChI=1S/C50H90O9Si3/c1-17-62(18-2,19-3)59-48(40(51)24-21-20-22-31-54-60(13,14)49(6,7)8)46-33-44(58-61(15,16)50(9,10)11)37(5)42(56-46)26-23-25-41-36(4)43-32-45(55-41)47(57-43)35-53-34-38-27-29-39(52-12)30-28-38/h21,23-25,27-30,36-37,40-48,51H,17-20,22,26,31-35H2,1-16H3/b24-21+,25-23+/t36-,37-,40-,41-,42+,43+,44-,45+,46+,47+,48-/m0/s1. The molecule has 0 saturated carbocycles. The number of methoxy groups -OCH3 is 1. The molecular weight excluding hydrogens is 829 g/mol. The van der Waals surface area contributed by atoms with Crippen molar-refractivity contribution in [2.75, 3.05) is 20.3 Å². The summed E-state index contributed by atoms with van der Waals surface area (Å²) in [4.78, 5) is 0. The summed E-state index contributed by atoms with van der Waals surface area (Å²) in [7, 11) is -4.40. The highest BCUT2D eigenvalue weighted by Crippen LogP contribution is 2.43. The Kier molecular flexibility index (Phi) is 19.8. The molecule has 3 heterocycles. The van der Waals surface area contributed by atoms with Gasteiger partial charge in [-0.2, -0.15) is 0 Å². The maximum atomic E-state index is 12.1. The highest BCUT2D eigenvalue weighted by Gasteiger charge is 2.49. The number of ether oxygens (including phenoxy) is 5. The van der Waals surface area contributed by atoms with Gasteiger partial charge in [0, 0.05) is 31.3 Å². The van der Waals surface area contributed by atoms with Crippen LogP contribution in [0.3, 0.4) is 0 Å². The number of aliphatic hydroxyl groups excluding tert-OH is 1. The fourth-order valence-electron chi connectivity index (χ4n) is 8.52. The van der Waals surface area contributed by atoms with Crippen molar-refractivity contribution in [3.8, 4) is 5.75 Å². The lowest BCUT2D eigenvalue weighted by Gasteiger charge is -2.49. The number of hydrogen-bond acceptors (Lipinski definition) is 9. The predicted octanol–water partition coefficient (Wildman–Crippen LogP) is 12.0. The number of fused-ring (bicyclic) bond motifs is 2. The van der Waals surface area contributed by atoms with Crippen molar-refractivity contribution in [3.05, 3.63) is 54.1 Å². The molecule has 11 atom stereocenters.